The number of carbonyl (C=O) groups is 2. The molecule has 0 aliphatic carbocycles. The van der Waals surface area contributed by atoms with Crippen LogP contribution in [0, 0.1) is 5.41 Å². The van der Waals surface area contributed by atoms with Crippen molar-refractivity contribution in [2.75, 3.05) is 18.4 Å². The van der Waals surface area contributed by atoms with Crippen molar-refractivity contribution in [1.29, 1.82) is 0 Å². The SMILES string of the molecule is CCC1(C(=O)Nc2cncc(C(=O)O)c2)CCNCC1. The van der Waals surface area contributed by atoms with Crippen LogP contribution >= 0.6 is 0 Å². The van der Waals surface area contributed by atoms with Crippen molar-refractivity contribution >= 4 is 17.6 Å². The lowest BCUT2D eigenvalue weighted by Gasteiger charge is -2.35. The predicted octanol–water partition coefficient (Wildman–Crippen LogP) is 1.50. The van der Waals surface area contributed by atoms with Crippen molar-refractivity contribution in [2.45, 2.75) is 26.2 Å². The van der Waals surface area contributed by atoms with Crippen molar-refractivity contribution < 1.29 is 14.7 Å². The summed E-state index contributed by atoms with van der Waals surface area (Å²) in [6.45, 7) is 3.67. The van der Waals surface area contributed by atoms with Gasteiger partial charge in [-0.3, -0.25) is 9.78 Å². The summed E-state index contributed by atoms with van der Waals surface area (Å²) in [5, 5.41) is 15.0. The molecule has 3 N–H and O–H groups in total. The number of carboxylic acids is 1. The van der Waals surface area contributed by atoms with Gasteiger partial charge in [0.2, 0.25) is 5.91 Å². The maximum absolute atomic E-state index is 12.5. The van der Waals surface area contributed by atoms with Crippen LogP contribution in [0.5, 0.6) is 0 Å². The number of pyridine rings is 1. The molecule has 0 atom stereocenters. The molecule has 0 unspecified atom stereocenters. The first-order valence-electron chi connectivity index (χ1n) is 6.78. The lowest BCUT2D eigenvalue weighted by Crippen LogP contribution is -2.44. The third-order valence-electron chi connectivity index (χ3n) is 3.96. The smallest absolute Gasteiger partial charge is 0.337 e. The first-order valence-corrected chi connectivity index (χ1v) is 6.78. The van der Waals surface area contributed by atoms with E-state index in [1.807, 2.05) is 6.92 Å². The molecule has 1 aromatic heterocycles. The van der Waals surface area contributed by atoms with Gasteiger partial charge in [-0.25, -0.2) is 4.79 Å². The summed E-state index contributed by atoms with van der Waals surface area (Å²) in [6.07, 6.45) is 5.09. The Hall–Kier alpha value is -1.95. The topological polar surface area (TPSA) is 91.3 Å². The number of anilines is 1. The molecule has 0 radical (unpaired) electrons. The minimum Gasteiger partial charge on any atom is -0.478 e. The van der Waals surface area contributed by atoms with Gasteiger partial charge in [0.05, 0.1) is 22.9 Å². The standard InChI is InChI=1S/C14H19N3O3/c1-2-14(3-5-15-6-4-14)13(20)17-11-7-10(12(18)19)8-16-9-11/h7-9,15H,2-6H2,1H3,(H,17,20)(H,18,19). The van der Waals surface area contributed by atoms with Gasteiger partial charge < -0.3 is 15.7 Å². The molecule has 1 aliphatic heterocycles. The third kappa shape index (κ3) is 2.96. The van der Waals surface area contributed by atoms with Crippen LogP contribution in [0.2, 0.25) is 0 Å². The Bertz CT molecular complexity index is 510. The second-order valence-corrected chi connectivity index (χ2v) is 5.11. The zero-order valence-corrected chi connectivity index (χ0v) is 11.5. The highest BCUT2D eigenvalue weighted by Gasteiger charge is 2.37. The van der Waals surface area contributed by atoms with Crippen molar-refractivity contribution in [3.63, 3.8) is 0 Å². The summed E-state index contributed by atoms with van der Waals surface area (Å²) < 4.78 is 0. The minimum atomic E-state index is -1.05. The van der Waals surface area contributed by atoms with E-state index in [9.17, 15) is 9.59 Å². The van der Waals surface area contributed by atoms with Gasteiger partial charge in [-0.05, 0) is 38.4 Å². The summed E-state index contributed by atoms with van der Waals surface area (Å²) in [6, 6.07) is 1.43. The average Bonchev–Trinajstić information content (AvgIpc) is 2.48. The first-order chi connectivity index (χ1) is 9.57. The Balaban J connectivity index is 2.14. The van der Waals surface area contributed by atoms with E-state index in [-0.39, 0.29) is 16.9 Å². The Labute approximate surface area is 117 Å². The number of aromatic nitrogens is 1. The fraction of sp³-hybridized carbons (Fsp3) is 0.500. The number of piperidine rings is 1. The number of hydrogen-bond acceptors (Lipinski definition) is 4. The second-order valence-electron chi connectivity index (χ2n) is 5.11. The molecular formula is C14H19N3O3. The van der Waals surface area contributed by atoms with Crippen LogP contribution in [-0.2, 0) is 4.79 Å². The van der Waals surface area contributed by atoms with Gasteiger partial charge in [0.25, 0.3) is 0 Å². The Kier molecular flexibility index (Phi) is 4.34. The number of nitrogens with zero attached hydrogens (tertiary/aromatic N) is 1. The fourth-order valence-corrected chi connectivity index (χ4v) is 2.54. The van der Waals surface area contributed by atoms with Crippen LogP contribution in [0.4, 0.5) is 5.69 Å². The normalized spacial score (nSPS) is 17.4. The average molecular weight is 277 g/mol. The van der Waals surface area contributed by atoms with E-state index in [0.29, 0.717) is 5.69 Å². The molecule has 1 aliphatic rings. The maximum atomic E-state index is 12.5. The minimum absolute atomic E-state index is 0.0501. The monoisotopic (exact) mass is 277 g/mol. The molecule has 1 fully saturated rings. The van der Waals surface area contributed by atoms with E-state index >= 15 is 0 Å². The van der Waals surface area contributed by atoms with E-state index in [1.54, 1.807) is 0 Å². The van der Waals surface area contributed by atoms with Crippen LogP contribution in [0.1, 0.15) is 36.5 Å². The molecule has 0 saturated carbocycles. The molecule has 0 spiro atoms. The number of carbonyl (C=O) groups excluding carboxylic acids is 1. The van der Waals surface area contributed by atoms with Gasteiger partial charge in [0.1, 0.15) is 0 Å². The number of aromatic carboxylic acids is 1. The molecule has 2 heterocycles. The highest BCUT2D eigenvalue weighted by atomic mass is 16.4. The van der Waals surface area contributed by atoms with Crippen LogP contribution in [0.25, 0.3) is 0 Å². The highest BCUT2D eigenvalue weighted by Crippen LogP contribution is 2.33. The third-order valence-corrected chi connectivity index (χ3v) is 3.96. The van der Waals surface area contributed by atoms with Gasteiger partial charge in [-0.2, -0.15) is 0 Å². The van der Waals surface area contributed by atoms with Gasteiger partial charge in [0, 0.05) is 6.20 Å². The molecule has 20 heavy (non-hydrogen) atoms. The number of nitrogens with one attached hydrogen (secondary N) is 2. The van der Waals surface area contributed by atoms with Crippen molar-refractivity contribution in [1.82, 2.24) is 10.3 Å². The summed E-state index contributed by atoms with van der Waals surface area (Å²) in [5.74, 6) is -1.11. The lowest BCUT2D eigenvalue weighted by atomic mass is 9.76. The molecule has 1 saturated heterocycles. The largest absolute Gasteiger partial charge is 0.478 e. The van der Waals surface area contributed by atoms with Gasteiger partial charge in [-0.1, -0.05) is 6.92 Å². The molecule has 108 valence electrons. The molecule has 2 rings (SSSR count). The van der Waals surface area contributed by atoms with E-state index in [1.165, 1.54) is 18.5 Å². The van der Waals surface area contributed by atoms with Gasteiger partial charge >= 0.3 is 5.97 Å². The second kappa shape index (κ2) is 6.00. The Morgan fingerprint density at radius 3 is 2.70 bits per heavy atom. The molecule has 0 aromatic carbocycles. The quantitative estimate of drug-likeness (QED) is 0.775. The summed E-state index contributed by atoms with van der Waals surface area (Å²) >= 11 is 0. The Morgan fingerprint density at radius 2 is 2.10 bits per heavy atom. The van der Waals surface area contributed by atoms with Crippen molar-refractivity contribution in [3.05, 3.63) is 24.0 Å². The molecule has 1 amide bonds. The van der Waals surface area contributed by atoms with E-state index in [0.717, 1.165) is 32.4 Å². The fourth-order valence-electron chi connectivity index (χ4n) is 2.54. The predicted molar refractivity (Wildman–Crippen MR) is 74.7 cm³/mol. The van der Waals surface area contributed by atoms with Crippen molar-refractivity contribution in [2.24, 2.45) is 5.41 Å². The van der Waals surface area contributed by atoms with Crippen LogP contribution < -0.4 is 10.6 Å². The number of rotatable bonds is 4. The van der Waals surface area contributed by atoms with Crippen LogP contribution in [-0.4, -0.2) is 35.1 Å². The number of amides is 1. The lowest BCUT2D eigenvalue weighted by molar-refractivity contribution is -0.127. The molecule has 1 aromatic rings. The summed E-state index contributed by atoms with van der Waals surface area (Å²) in [4.78, 5) is 27.2. The van der Waals surface area contributed by atoms with E-state index in [4.69, 9.17) is 5.11 Å². The van der Waals surface area contributed by atoms with Crippen LogP contribution in [0.15, 0.2) is 18.5 Å². The van der Waals surface area contributed by atoms with E-state index < -0.39 is 5.97 Å². The molecule has 6 nitrogen and oxygen atoms in total. The molecule has 0 bridgehead atoms. The van der Waals surface area contributed by atoms with Crippen LogP contribution in [0.3, 0.4) is 0 Å². The van der Waals surface area contributed by atoms with Crippen molar-refractivity contribution in [3.8, 4) is 0 Å². The zero-order valence-electron chi connectivity index (χ0n) is 11.5. The molecule has 6 heteroatoms. The molecular weight excluding hydrogens is 258 g/mol. The summed E-state index contributed by atoms with van der Waals surface area (Å²) in [7, 11) is 0. The number of hydrogen-bond donors (Lipinski definition) is 3. The Morgan fingerprint density at radius 1 is 1.40 bits per heavy atom. The maximum Gasteiger partial charge on any atom is 0.337 e. The van der Waals surface area contributed by atoms with Gasteiger partial charge in [0.15, 0.2) is 0 Å². The zero-order chi connectivity index (χ0) is 14.6. The highest BCUT2D eigenvalue weighted by molar-refractivity contribution is 5.96. The van der Waals surface area contributed by atoms with E-state index in [2.05, 4.69) is 15.6 Å². The first kappa shape index (κ1) is 14.5. The summed E-state index contributed by atoms with van der Waals surface area (Å²) in [5.41, 5.74) is 0.129. The van der Waals surface area contributed by atoms with Gasteiger partial charge in [-0.15, -0.1) is 0 Å². The number of carboxylic acid groups (broad SMARTS) is 1.